The molecule has 1 saturated heterocycles. The Morgan fingerprint density at radius 3 is 2.52 bits per heavy atom. The van der Waals surface area contributed by atoms with E-state index in [0.717, 1.165) is 11.4 Å². The monoisotopic (exact) mass is 432 g/mol. The lowest BCUT2D eigenvalue weighted by Crippen LogP contribution is -2.50. The number of halogens is 2. The Bertz CT molecular complexity index is 1020. The van der Waals surface area contributed by atoms with Gasteiger partial charge >= 0.3 is 6.03 Å². The summed E-state index contributed by atoms with van der Waals surface area (Å²) in [6.45, 7) is 4.28. The first-order valence-corrected chi connectivity index (χ1v) is 9.78. The van der Waals surface area contributed by atoms with E-state index in [1.54, 1.807) is 36.2 Å². The van der Waals surface area contributed by atoms with Gasteiger partial charge in [0.1, 0.15) is 5.82 Å². The highest BCUT2D eigenvalue weighted by Gasteiger charge is 2.22. The van der Waals surface area contributed by atoms with Crippen LogP contribution in [-0.2, 0) is 0 Å². The highest BCUT2D eigenvalue weighted by molar-refractivity contribution is 6.42. The van der Waals surface area contributed by atoms with Crippen LogP contribution >= 0.6 is 23.2 Å². The van der Waals surface area contributed by atoms with E-state index in [9.17, 15) is 4.79 Å². The average molecular weight is 433 g/mol. The van der Waals surface area contributed by atoms with Crippen molar-refractivity contribution in [3.8, 4) is 11.4 Å². The van der Waals surface area contributed by atoms with Crippen LogP contribution in [0.3, 0.4) is 0 Å². The molecule has 150 valence electrons. The standard InChI is InChI=1S/C19H18Cl2N6O2/c1-12-23-18(25-29-12)13-2-5-17(22-11-13)26-6-8-27(9-7-26)19(28)24-14-3-4-15(20)16(21)10-14/h2-5,10-11H,6-9H2,1H3,(H,24,28). The first-order valence-electron chi connectivity index (χ1n) is 9.02. The van der Waals surface area contributed by atoms with Gasteiger partial charge in [-0.15, -0.1) is 0 Å². The van der Waals surface area contributed by atoms with Gasteiger partial charge in [-0.2, -0.15) is 4.98 Å². The van der Waals surface area contributed by atoms with Crippen molar-refractivity contribution < 1.29 is 9.32 Å². The molecule has 3 aromatic rings. The van der Waals surface area contributed by atoms with Gasteiger partial charge in [0.15, 0.2) is 0 Å². The fraction of sp³-hybridized carbons (Fsp3) is 0.263. The summed E-state index contributed by atoms with van der Waals surface area (Å²) in [5, 5.41) is 7.60. The number of benzene rings is 1. The molecule has 0 atom stereocenters. The summed E-state index contributed by atoms with van der Waals surface area (Å²) in [4.78, 5) is 25.1. The van der Waals surface area contributed by atoms with Gasteiger partial charge in [-0.3, -0.25) is 0 Å². The van der Waals surface area contributed by atoms with Gasteiger partial charge in [-0.1, -0.05) is 28.4 Å². The number of rotatable bonds is 3. The van der Waals surface area contributed by atoms with Gasteiger partial charge in [-0.05, 0) is 30.3 Å². The second-order valence-corrected chi connectivity index (χ2v) is 7.39. The molecule has 0 saturated carbocycles. The molecule has 1 aliphatic heterocycles. The van der Waals surface area contributed by atoms with Crippen LogP contribution in [0.15, 0.2) is 41.1 Å². The normalized spacial score (nSPS) is 14.2. The first-order chi connectivity index (χ1) is 14.0. The quantitative estimate of drug-likeness (QED) is 0.669. The number of hydrogen-bond donors (Lipinski definition) is 1. The predicted octanol–water partition coefficient (Wildman–Crippen LogP) is 4.10. The van der Waals surface area contributed by atoms with Gasteiger partial charge in [0.25, 0.3) is 0 Å². The average Bonchev–Trinajstić information content (AvgIpc) is 3.17. The molecule has 0 spiro atoms. The smallest absolute Gasteiger partial charge is 0.321 e. The summed E-state index contributed by atoms with van der Waals surface area (Å²) < 4.78 is 5.00. The third-order valence-electron chi connectivity index (χ3n) is 4.60. The van der Waals surface area contributed by atoms with Crippen molar-refractivity contribution in [2.24, 2.45) is 0 Å². The molecule has 1 aromatic carbocycles. The molecule has 8 nitrogen and oxygen atoms in total. The summed E-state index contributed by atoms with van der Waals surface area (Å²) >= 11 is 11.9. The van der Waals surface area contributed by atoms with Gasteiger partial charge in [0.2, 0.25) is 11.7 Å². The Morgan fingerprint density at radius 2 is 1.90 bits per heavy atom. The van der Waals surface area contributed by atoms with E-state index in [1.165, 1.54) is 0 Å². The SMILES string of the molecule is Cc1nc(-c2ccc(N3CCN(C(=O)Nc4ccc(Cl)c(Cl)c4)CC3)nc2)no1. The second-order valence-electron chi connectivity index (χ2n) is 6.58. The van der Waals surface area contributed by atoms with Gasteiger partial charge < -0.3 is 19.6 Å². The highest BCUT2D eigenvalue weighted by Crippen LogP contribution is 2.25. The molecule has 3 heterocycles. The fourth-order valence-corrected chi connectivity index (χ4v) is 3.34. The molecule has 0 unspecified atom stereocenters. The van der Waals surface area contributed by atoms with Crippen molar-refractivity contribution >= 4 is 40.7 Å². The lowest BCUT2D eigenvalue weighted by Gasteiger charge is -2.35. The molecule has 0 bridgehead atoms. The van der Waals surface area contributed by atoms with E-state index in [1.807, 2.05) is 12.1 Å². The molecule has 29 heavy (non-hydrogen) atoms. The number of anilines is 2. The minimum atomic E-state index is -0.168. The van der Waals surface area contributed by atoms with Crippen molar-refractivity contribution in [3.05, 3.63) is 52.5 Å². The van der Waals surface area contributed by atoms with Crippen LogP contribution in [-0.4, -0.2) is 52.2 Å². The van der Waals surface area contributed by atoms with E-state index in [-0.39, 0.29) is 6.03 Å². The van der Waals surface area contributed by atoms with Gasteiger partial charge in [0, 0.05) is 50.6 Å². The van der Waals surface area contributed by atoms with Crippen molar-refractivity contribution in [2.75, 3.05) is 36.4 Å². The molecule has 1 fully saturated rings. The number of nitrogens with zero attached hydrogens (tertiary/aromatic N) is 5. The van der Waals surface area contributed by atoms with E-state index in [2.05, 4.69) is 25.3 Å². The lowest BCUT2D eigenvalue weighted by atomic mass is 10.2. The Hall–Kier alpha value is -2.84. The first kappa shape index (κ1) is 19.5. The molecule has 10 heteroatoms. The van der Waals surface area contributed by atoms with E-state index >= 15 is 0 Å². The maximum Gasteiger partial charge on any atom is 0.321 e. The van der Waals surface area contributed by atoms with Crippen LogP contribution in [0.5, 0.6) is 0 Å². The Balaban J connectivity index is 1.34. The number of nitrogens with one attached hydrogen (secondary N) is 1. The lowest BCUT2D eigenvalue weighted by molar-refractivity contribution is 0.208. The van der Waals surface area contributed by atoms with Crippen molar-refractivity contribution in [1.29, 1.82) is 0 Å². The summed E-state index contributed by atoms with van der Waals surface area (Å²) in [7, 11) is 0. The topological polar surface area (TPSA) is 87.4 Å². The maximum atomic E-state index is 12.5. The van der Waals surface area contributed by atoms with Crippen LogP contribution < -0.4 is 10.2 Å². The van der Waals surface area contributed by atoms with Crippen LogP contribution in [0.25, 0.3) is 11.4 Å². The second kappa shape index (κ2) is 8.26. The third-order valence-corrected chi connectivity index (χ3v) is 5.33. The fourth-order valence-electron chi connectivity index (χ4n) is 3.04. The number of carbonyl (C=O) groups is 1. The largest absolute Gasteiger partial charge is 0.353 e. The van der Waals surface area contributed by atoms with E-state index < -0.39 is 0 Å². The maximum absolute atomic E-state index is 12.5. The number of amides is 2. The molecule has 0 radical (unpaired) electrons. The van der Waals surface area contributed by atoms with Gasteiger partial charge in [-0.25, -0.2) is 9.78 Å². The zero-order valence-electron chi connectivity index (χ0n) is 15.6. The van der Waals surface area contributed by atoms with Crippen LogP contribution in [0.1, 0.15) is 5.89 Å². The van der Waals surface area contributed by atoms with Crippen LogP contribution in [0, 0.1) is 6.92 Å². The van der Waals surface area contributed by atoms with E-state index in [0.29, 0.717) is 53.6 Å². The minimum absolute atomic E-state index is 0.168. The Morgan fingerprint density at radius 1 is 1.10 bits per heavy atom. The molecule has 1 N–H and O–H groups in total. The van der Waals surface area contributed by atoms with Crippen molar-refractivity contribution in [3.63, 3.8) is 0 Å². The number of aryl methyl sites for hydroxylation is 1. The van der Waals surface area contributed by atoms with Crippen molar-refractivity contribution in [1.82, 2.24) is 20.0 Å². The zero-order valence-corrected chi connectivity index (χ0v) is 17.1. The third kappa shape index (κ3) is 4.44. The highest BCUT2D eigenvalue weighted by atomic mass is 35.5. The molecule has 2 aromatic heterocycles. The number of aromatic nitrogens is 3. The van der Waals surface area contributed by atoms with Gasteiger partial charge in [0.05, 0.1) is 10.0 Å². The summed E-state index contributed by atoms with van der Waals surface area (Å²) in [5.41, 5.74) is 1.41. The number of pyridine rings is 1. The minimum Gasteiger partial charge on any atom is -0.353 e. The Kier molecular flexibility index (Phi) is 5.55. The number of urea groups is 1. The number of hydrogen-bond acceptors (Lipinski definition) is 6. The van der Waals surface area contributed by atoms with Crippen LogP contribution in [0.4, 0.5) is 16.3 Å². The molecular formula is C19H18Cl2N6O2. The summed E-state index contributed by atoms with van der Waals surface area (Å²) in [6, 6.07) is 8.68. The molecule has 1 aliphatic rings. The zero-order chi connectivity index (χ0) is 20.4. The van der Waals surface area contributed by atoms with Crippen LogP contribution in [0.2, 0.25) is 10.0 Å². The van der Waals surface area contributed by atoms with E-state index in [4.69, 9.17) is 27.7 Å². The predicted molar refractivity (Wildman–Crippen MR) is 112 cm³/mol. The Labute approximate surface area is 177 Å². The molecule has 4 rings (SSSR count). The number of piperazine rings is 1. The summed E-state index contributed by atoms with van der Waals surface area (Å²) in [5.74, 6) is 1.88. The molecule has 0 aliphatic carbocycles. The number of carbonyl (C=O) groups excluding carboxylic acids is 1. The molecular weight excluding hydrogens is 415 g/mol. The van der Waals surface area contributed by atoms with Crippen molar-refractivity contribution in [2.45, 2.75) is 6.92 Å². The molecule has 2 amide bonds. The summed E-state index contributed by atoms with van der Waals surface area (Å²) in [6.07, 6.45) is 1.73.